The number of fused-ring (bicyclic) bond motifs is 5. The molecule has 132 valence electrons. The van der Waals surface area contributed by atoms with Crippen molar-refractivity contribution in [3.8, 4) is 0 Å². The zero-order chi connectivity index (χ0) is 16.9. The molecule has 2 aliphatic carbocycles. The van der Waals surface area contributed by atoms with Gasteiger partial charge in [-0.3, -0.25) is 14.5 Å². The largest absolute Gasteiger partial charge is 0.378 e. The minimum absolute atomic E-state index is 0.0543. The number of amides is 2. The summed E-state index contributed by atoms with van der Waals surface area (Å²) in [5, 5.41) is 0. The van der Waals surface area contributed by atoms with E-state index in [9.17, 15) is 9.59 Å². The summed E-state index contributed by atoms with van der Waals surface area (Å²) in [7, 11) is 0. The van der Waals surface area contributed by atoms with Crippen molar-refractivity contribution in [1.29, 1.82) is 0 Å². The van der Waals surface area contributed by atoms with Crippen LogP contribution in [0.3, 0.4) is 0 Å². The molecule has 0 N–H and O–H groups in total. The predicted octanol–water partition coefficient (Wildman–Crippen LogP) is 2.02. The van der Waals surface area contributed by atoms with E-state index in [0.717, 1.165) is 25.9 Å². The molecule has 0 aromatic rings. The molecule has 2 saturated heterocycles. The van der Waals surface area contributed by atoms with Crippen LogP contribution in [0.2, 0.25) is 0 Å². The van der Waals surface area contributed by atoms with Gasteiger partial charge in [-0.05, 0) is 31.1 Å². The van der Waals surface area contributed by atoms with E-state index >= 15 is 0 Å². The second-order valence-electron chi connectivity index (χ2n) is 7.94. The van der Waals surface area contributed by atoms with Gasteiger partial charge in [-0.2, -0.15) is 0 Å². The molecule has 5 atom stereocenters. The summed E-state index contributed by atoms with van der Waals surface area (Å²) in [5.74, 6) is 0.474. The third-order valence-corrected chi connectivity index (χ3v) is 6.67. The van der Waals surface area contributed by atoms with Gasteiger partial charge in [0.05, 0.1) is 31.7 Å². The standard InChI is InChI=1S/C19H27NO4/c1-3-19(4-2,11-23-8-14-9-24-14)10-20-17(21)15-12-5-6-13(7-12)16(15)18(20)22/h5-6,12-16H,3-4,7-11H2,1-2H3. The van der Waals surface area contributed by atoms with E-state index in [0.29, 0.717) is 19.8 Å². The summed E-state index contributed by atoms with van der Waals surface area (Å²) in [6.07, 6.45) is 7.31. The molecule has 5 heteroatoms. The Labute approximate surface area is 143 Å². The van der Waals surface area contributed by atoms with Gasteiger partial charge in [-0.15, -0.1) is 0 Å². The molecule has 0 radical (unpaired) electrons. The van der Waals surface area contributed by atoms with E-state index < -0.39 is 0 Å². The van der Waals surface area contributed by atoms with Gasteiger partial charge in [-0.1, -0.05) is 26.0 Å². The van der Waals surface area contributed by atoms with E-state index in [1.807, 2.05) is 0 Å². The molecule has 2 amide bonds. The average molecular weight is 333 g/mol. The lowest BCUT2D eigenvalue weighted by Gasteiger charge is -2.35. The van der Waals surface area contributed by atoms with Gasteiger partial charge in [0.25, 0.3) is 0 Å². The number of rotatable bonds is 8. The monoisotopic (exact) mass is 333 g/mol. The van der Waals surface area contributed by atoms with Crippen molar-refractivity contribution in [1.82, 2.24) is 4.90 Å². The molecule has 5 nitrogen and oxygen atoms in total. The van der Waals surface area contributed by atoms with Crippen molar-refractivity contribution >= 4 is 11.8 Å². The lowest BCUT2D eigenvalue weighted by Crippen LogP contribution is -2.44. The number of nitrogens with zero attached hydrogens (tertiary/aromatic N) is 1. The molecular formula is C19H27NO4. The highest BCUT2D eigenvalue weighted by molar-refractivity contribution is 6.06. The summed E-state index contributed by atoms with van der Waals surface area (Å²) >= 11 is 0. The van der Waals surface area contributed by atoms with Gasteiger partial charge < -0.3 is 9.47 Å². The Morgan fingerprint density at radius 1 is 1.17 bits per heavy atom. The maximum absolute atomic E-state index is 12.9. The molecule has 0 aromatic heterocycles. The molecule has 1 saturated carbocycles. The van der Waals surface area contributed by atoms with E-state index in [2.05, 4.69) is 26.0 Å². The Morgan fingerprint density at radius 3 is 2.25 bits per heavy atom. The van der Waals surface area contributed by atoms with Gasteiger partial charge in [0.1, 0.15) is 6.10 Å². The molecule has 0 aromatic carbocycles. The highest BCUT2D eigenvalue weighted by Crippen LogP contribution is 2.53. The van der Waals surface area contributed by atoms with E-state index in [4.69, 9.17) is 9.47 Å². The van der Waals surface area contributed by atoms with Crippen molar-refractivity contribution in [3.63, 3.8) is 0 Å². The normalized spacial score (nSPS) is 36.8. The molecule has 4 aliphatic rings. The lowest BCUT2D eigenvalue weighted by molar-refractivity contribution is -0.143. The number of likely N-dealkylation sites (tertiary alicyclic amines) is 1. The maximum Gasteiger partial charge on any atom is 0.233 e. The first-order chi connectivity index (χ1) is 11.6. The first kappa shape index (κ1) is 16.3. The highest BCUT2D eigenvalue weighted by atomic mass is 16.6. The van der Waals surface area contributed by atoms with Crippen LogP contribution in [0.5, 0.6) is 0 Å². The van der Waals surface area contributed by atoms with E-state index in [1.165, 1.54) is 0 Å². The zero-order valence-corrected chi connectivity index (χ0v) is 14.6. The van der Waals surface area contributed by atoms with Crippen molar-refractivity contribution in [2.24, 2.45) is 29.1 Å². The summed E-state index contributed by atoms with van der Waals surface area (Å²) < 4.78 is 11.0. The number of carbonyl (C=O) groups excluding carboxylic acids is 2. The first-order valence-corrected chi connectivity index (χ1v) is 9.31. The van der Waals surface area contributed by atoms with Crippen LogP contribution >= 0.6 is 0 Å². The number of hydrogen-bond acceptors (Lipinski definition) is 4. The van der Waals surface area contributed by atoms with Gasteiger partial charge in [0.2, 0.25) is 11.8 Å². The number of carbonyl (C=O) groups is 2. The maximum atomic E-state index is 12.9. The van der Waals surface area contributed by atoms with Gasteiger partial charge in [0, 0.05) is 12.0 Å². The second kappa shape index (κ2) is 5.95. The van der Waals surface area contributed by atoms with Crippen molar-refractivity contribution in [2.45, 2.75) is 39.2 Å². The average Bonchev–Trinajstić information content (AvgIpc) is 3.10. The van der Waals surface area contributed by atoms with E-state index in [-0.39, 0.29) is 47.0 Å². The highest BCUT2D eigenvalue weighted by Gasteiger charge is 2.59. The molecule has 2 aliphatic heterocycles. The molecule has 2 bridgehead atoms. The summed E-state index contributed by atoms with van der Waals surface area (Å²) in [6, 6.07) is 0. The fourth-order valence-corrected chi connectivity index (χ4v) is 4.75. The van der Waals surface area contributed by atoms with Crippen molar-refractivity contribution in [3.05, 3.63) is 12.2 Å². The number of imide groups is 1. The molecule has 5 unspecified atom stereocenters. The molecule has 4 rings (SSSR count). The number of ether oxygens (including phenoxy) is 2. The van der Waals surface area contributed by atoms with Gasteiger partial charge in [0.15, 0.2) is 0 Å². The van der Waals surface area contributed by atoms with Crippen LogP contribution in [-0.2, 0) is 19.1 Å². The summed E-state index contributed by atoms with van der Waals surface area (Å²) in [4.78, 5) is 27.4. The fraction of sp³-hybridized carbons (Fsp3) is 0.789. The molecule has 24 heavy (non-hydrogen) atoms. The van der Waals surface area contributed by atoms with Crippen molar-refractivity contribution in [2.75, 3.05) is 26.4 Å². The topological polar surface area (TPSA) is 59.1 Å². The van der Waals surface area contributed by atoms with Crippen LogP contribution in [-0.4, -0.2) is 49.2 Å². The Bertz CT molecular complexity index is 534. The summed E-state index contributed by atoms with van der Waals surface area (Å²) in [6.45, 7) is 6.72. The molecular weight excluding hydrogens is 306 g/mol. The minimum Gasteiger partial charge on any atom is -0.378 e. The van der Waals surface area contributed by atoms with Crippen LogP contribution in [0.25, 0.3) is 0 Å². The van der Waals surface area contributed by atoms with Crippen LogP contribution in [0.15, 0.2) is 12.2 Å². The smallest absolute Gasteiger partial charge is 0.233 e. The van der Waals surface area contributed by atoms with Gasteiger partial charge >= 0.3 is 0 Å². The zero-order valence-electron chi connectivity index (χ0n) is 14.6. The fourth-order valence-electron chi connectivity index (χ4n) is 4.75. The van der Waals surface area contributed by atoms with Crippen molar-refractivity contribution < 1.29 is 19.1 Å². The first-order valence-electron chi connectivity index (χ1n) is 9.31. The summed E-state index contributed by atoms with van der Waals surface area (Å²) in [5.41, 5.74) is -0.147. The Kier molecular flexibility index (Phi) is 4.04. The predicted molar refractivity (Wildman–Crippen MR) is 88.0 cm³/mol. The molecule has 0 spiro atoms. The van der Waals surface area contributed by atoms with Crippen LogP contribution in [0.1, 0.15) is 33.1 Å². The third kappa shape index (κ3) is 2.53. The Hall–Kier alpha value is -1.20. The second-order valence-corrected chi connectivity index (χ2v) is 7.94. The van der Waals surface area contributed by atoms with E-state index in [1.54, 1.807) is 4.90 Å². The SMILES string of the molecule is CCC(CC)(COCC1CO1)CN1C(=O)C2C3C=CC(C3)C2C1=O. The third-order valence-electron chi connectivity index (χ3n) is 6.67. The number of epoxide rings is 1. The van der Waals surface area contributed by atoms with Crippen LogP contribution in [0.4, 0.5) is 0 Å². The lowest BCUT2D eigenvalue weighted by atomic mass is 9.82. The molecule has 2 heterocycles. The number of allylic oxidation sites excluding steroid dienone is 2. The number of hydrogen-bond donors (Lipinski definition) is 0. The minimum atomic E-state index is -0.147. The van der Waals surface area contributed by atoms with Crippen LogP contribution < -0.4 is 0 Å². The Balaban J connectivity index is 1.46. The Morgan fingerprint density at radius 2 is 1.75 bits per heavy atom. The quantitative estimate of drug-likeness (QED) is 0.387. The van der Waals surface area contributed by atoms with Gasteiger partial charge in [-0.25, -0.2) is 0 Å². The molecule has 3 fully saturated rings. The van der Waals surface area contributed by atoms with Crippen LogP contribution in [0, 0.1) is 29.1 Å².